The summed E-state index contributed by atoms with van der Waals surface area (Å²) in [5.74, 6) is -1.80. The highest BCUT2D eigenvalue weighted by Crippen LogP contribution is 2.43. The Balaban J connectivity index is 4.32. The van der Waals surface area contributed by atoms with Gasteiger partial charge in [0.2, 0.25) is 0 Å². The Morgan fingerprint density at radius 3 is 1.67 bits per heavy atom. The highest BCUT2D eigenvalue weighted by Gasteiger charge is 2.27. The fraction of sp³-hybridized carbons (Fsp3) is 0.800. The number of phosphoric ester groups is 1. The van der Waals surface area contributed by atoms with E-state index in [1.807, 2.05) is 0 Å². The van der Waals surface area contributed by atoms with Crippen LogP contribution in [0.25, 0.3) is 0 Å². The molecule has 11 heteroatoms. The number of ether oxygens (including phenoxy) is 2. The minimum absolute atomic E-state index is 0.00731. The maximum absolute atomic E-state index is 12.6. The SMILES string of the molecule is CCCC/C=C\C/C=C\CCCCCCCC(=O)OC(COCCCCCCCC/C=C\CCCCCCC)COP(=O)(O)OCC(N)C(=O)O. The number of unbranched alkanes of at least 4 members (excludes halogenated alkanes) is 18. The number of hydrogen-bond acceptors (Lipinski definition) is 8. The normalized spacial score (nSPS) is 14.4. The topological polar surface area (TPSA) is 155 Å². The van der Waals surface area contributed by atoms with Gasteiger partial charge < -0.3 is 25.2 Å². The first-order chi connectivity index (χ1) is 24.7. The van der Waals surface area contributed by atoms with Gasteiger partial charge in [0.25, 0.3) is 0 Å². The van der Waals surface area contributed by atoms with Crippen LogP contribution in [0, 0.1) is 0 Å². The summed E-state index contributed by atoms with van der Waals surface area (Å²) in [5.41, 5.74) is 5.34. The summed E-state index contributed by atoms with van der Waals surface area (Å²) < 4.78 is 33.2. The lowest BCUT2D eigenvalue weighted by Crippen LogP contribution is -2.34. The number of esters is 1. The number of carboxylic acid groups (broad SMARTS) is 1. The Kier molecular flexibility index (Phi) is 35.2. The van der Waals surface area contributed by atoms with Crippen LogP contribution in [0.15, 0.2) is 36.5 Å². The molecule has 0 aromatic heterocycles. The van der Waals surface area contributed by atoms with Crippen molar-refractivity contribution in [3.05, 3.63) is 36.5 Å². The van der Waals surface area contributed by atoms with Crippen LogP contribution in [-0.4, -0.2) is 60.5 Å². The van der Waals surface area contributed by atoms with Gasteiger partial charge in [-0.3, -0.25) is 18.6 Å². The lowest BCUT2D eigenvalue weighted by atomic mass is 10.1. The van der Waals surface area contributed by atoms with Gasteiger partial charge in [0.15, 0.2) is 0 Å². The molecule has 0 aromatic rings. The van der Waals surface area contributed by atoms with Crippen molar-refractivity contribution in [2.45, 2.75) is 180 Å². The van der Waals surface area contributed by atoms with E-state index in [4.69, 9.17) is 29.4 Å². The molecular weight excluding hydrogens is 669 g/mol. The van der Waals surface area contributed by atoms with E-state index < -0.39 is 45.1 Å². The van der Waals surface area contributed by atoms with Gasteiger partial charge in [-0.1, -0.05) is 134 Å². The molecule has 0 saturated heterocycles. The number of carbonyl (C=O) groups excluding carboxylic acids is 1. The molecule has 0 aliphatic heterocycles. The Bertz CT molecular complexity index is 956. The van der Waals surface area contributed by atoms with Crippen LogP contribution in [0.2, 0.25) is 0 Å². The first-order valence-corrected chi connectivity index (χ1v) is 21.5. The lowest BCUT2D eigenvalue weighted by molar-refractivity contribution is -0.154. The molecule has 0 saturated carbocycles. The van der Waals surface area contributed by atoms with Crippen molar-refractivity contribution in [2.24, 2.45) is 5.73 Å². The summed E-state index contributed by atoms with van der Waals surface area (Å²) in [6.45, 7) is 3.79. The Labute approximate surface area is 310 Å². The number of aliphatic carboxylic acids is 1. The molecule has 298 valence electrons. The number of nitrogens with two attached hydrogens (primary N) is 1. The standard InChI is InChI=1S/C40H74NO9P/c1-3-5-7-9-11-13-15-17-19-21-23-25-27-29-31-33-47-34-37(35-48-51(45,46)49-36-38(41)40(43)44)50-39(42)32-30-28-26-24-22-20-18-16-14-12-10-8-6-4-2/h10,12,15-18,37-38H,3-9,11,13-14,19-36,41H2,1-2H3,(H,43,44)(H,45,46)/b12-10-,17-15-,18-16-. The van der Waals surface area contributed by atoms with Crippen LogP contribution in [0.5, 0.6) is 0 Å². The summed E-state index contributed by atoms with van der Waals surface area (Å²) >= 11 is 0. The van der Waals surface area contributed by atoms with Crippen molar-refractivity contribution in [1.29, 1.82) is 0 Å². The van der Waals surface area contributed by atoms with E-state index in [9.17, 15) is 19.0 Å². The second-order valence-corrected chi connectivity index (χ2v) is 14.9. The van der Waals surface area contributed by atoms with Gasteiger partial charge in [-0.05, 0) is 64.2 Å². The third kappa shape index (κ3) is 36.3. The van der Waals surface area contributed by atoms with E-state index in [-0.39, 0.29) is 13.0 Å². The first kappa shape index (κ1) is 49.2. The van der Waals surface area contributed by atoms with Gasteiger partial charge in [-0.2, -0.15) is 0 Å². The van der Waals surface area contributed by atoms with E-state index in [1.165, 1.54) is 70.6 Å². The predicted octanol–water partition coefficient (Wildman–Crippen LogP) is 10.5. The molecule has 51 heavy (non-hydrogen) atoms. The average molecular weight is 744 g/mol. The molecule has 0 aromatic carbocycles. The molecule has 0 aliphatic rings. The summed E-state index contributed by atoms with van der Waals surface area (Å²) in [4.78, 5) is 33.4. The Morgan fingerprint density at radius 2 is 1.10 bits per heavy atom. The Morgan fingerprint density at radius 1 is 0.627 bits per heavy atom. The predicted molar refractivity (Wildman–Crippen MR) is 208 cm³/mol. The van der Waals surface area contributed by atoms with Crippen molar-refractivity contribution >= 4 is 19.8 Å². The van der Waals surface area contributed by atoms with Crippen molar-refractivity contribution in [3.63, 3.8) is 0 Å². The van der Waals surface area contributed by atoms with Crippen LogP contribution in [-0.2, 0) is 32.7 Å². The number of allylic oxidation sites excluding steroid dienone is 6. The second-order valence-electron chi connectivity index (χ2n) is 13.4. The summed E-state index contributed by atoms with van der Waals surface area (Å²) in [6.07, 6.45) is 39.0. The van der Waals surface area contributed by atoms with Crippen molar-refractivity contribution in [1.82, 2.24) is 0 Å². The van der Waals surface area contributed by atoms with Crippen LogP contribution >= 0.6 is 7.82 Å². The minimum atomic E-state index is -4.62. The van der Waals surface area contributed by atoms with Crippen LogP contribution < -0.4 is 5.73 Å². The van der Waals surface area contributed by atoms with Crippen molar-refractivity contribution in [3.8, 4) is 0 Å². The molecule has 0 radical (unpaired) electrons. The van der Waals surface area contributed by atoms with Crippen molar-refractivity contribution in [2.75, 3.05) is 26.4 Å². The number of carboxylic acids is 1. The number of hydrogen-bond donors (Lipinski definition) is 3. The molecule has 4 N–H and O–H groups in total. The summed E-state index contributed by atoms with van der Waals surface area (Å²) in [5, 5.41) is 8.87. The molecule has 0 rings (SSSR count). The van der Waals surface area contributed by atoms with Gasteiger partial charge in [0.1, 0.15) is 12.1 Å². The quantitative estimate of drug-likeness (QED) is 0.0241. The second kappa shape index (κ2) is 36.5. The van der Waals surface area contributed by atoms with E-state index in [0.29, 0.717) is 13.0 Å². The van der Waals surface area contributed by atoms with Crippen LogP contribution in [0.3, 0.4) is 0 Å². The zero-order valence-corrected chi connectivity index (χ0v) is 33.1. The first-order valence-electron chi connectivity index (χ1n) is 20.0. The highest BCUT2D eigenvalue weighted by molar-refractivity contribution is 7.47. The molecule has 10 nitrogen and oxygen atoms in total. The third-order valence-electron chi connectivity index (χ3n) is 8.39. The number of rotatable bonds is 38. The van der Waals surface area contributed by atoms with E-state index >= 15 is 0 Å². The van der Waals surface area contributed by atoms with Gasteiger partial charge >= 0.3 is 19.8 Å². The van der Waals surface area contributed by atoms with Gasteiger partial charge in [-0.15, -0.1) is 0 Å². The molecule has 0 bridgehead atoms. The third-order valence-corrected chi connectivity index (χ3v) is 9.34. The maximum atomic E-state index is 12.6. The van der Waals surface area contributed by atoms with E-state index in [2.05, 4.69) is 50.3 Å². The number of phosphoric acid groups is 1. The van der Waals surface area contributed by atoms with Gasteiger partial charge in [0, 0.05) is 13.0 Å². The lowest BCUT2D eigenvalue weighted by Gasteiger charge is -2.20. The molecule has 0 aliphatic carbocycles. The van der Waals surface area contributed by atoms with Gasteiger partial charge in [-0.25, -0.2) is 4.57 Å². The fourth-order valence-electron chi connectivity index (χ4n) is 5.20. The smallest absolute Gasteiger partial charge is 0.472 e. The monoisotopic (exact) mass is 744 g/mol. The molecule has 0 spiro atoms. The molecule has 0 fully saturated rings. The average Bonchev–Trinajstić information content (AvgIpc) is 3.10. The highest BCUT2D eigenvalue weighted by atomic mass is 31.2. The zero-order chi connectivity index (χ0) is 37.7. The molecule has 0 amide bonds. The van der Waals surface area contributed by atoms with Crippen molar-refractivity contribution < 1.29 is 42.7 Å². The zero-order valence-electron chi connectivity index (χ0n) is 32.2. The Hall–Kier alpha value is -1.81. The summed E-state index contributed by atoms with van der Waals surface area (Å²) in [7, 11) is -4.62. The van der Waals surface area contributed by atoms with Gasteiger partial charge in [0.05, 0.1) is 19.8 Å². The van der Waals surface area contributed by atoms with E-state index in [0.717, 1.165) is 70.6 Å². The largest absolute Gasteiger partial charge is 0.480 e. The van der Waals surface area contributed by atoms with Crippen LogP contribution in [0.1, 0.15) is 168 Å². The molecule has 0 heterocycles. The van der Waals surface area contributed by atoms with Crippen LogP contribution in [0.4, 0.5) is 0 Å². The fourth-order valence-corrected chi connectivity index (χ4v) is 5.98. The minimum Gasteiger partial charge on any atom is -0.480 e. The molecular formula is C40H74NO9P. The summed E-state index contributed by atoms with van der Waals surface area (Å²) in [6, 6.07) is -1.48. The number of carbonyl (C=O) groups is 2. The maximum Gasteiger partial charge on any atom is 0.472 e. The van der Waals surface area contributed by atoms with E-state index in [1.54, 1.807) is 0 Å². The molecule has 3 unspecified atom stereocenters. The molecule has 3 atom stereocenters.